The van der Waals surface area contributed by atoms with Crippen molar-refractivity contribution >= 4 is 22.4 Å². The summed E-state index contributed by atoms with van der Waals surface area (Å²) < 4.78 is 5.40. The summed E-state index contributed by atoms with van der Waals surface area (Å²) in [6.45, 7) is 0.695. The van der Waals surface area contributed by atoms with Crippen LogP contribution < -0.4 is 21.3 Å². The van der Waals surface area contributed by atoms with E-state index in [-0.39, 0.29) is 13.2 Å². The largest absolute Gasteiger partial charge is 0.491 e. The lowest BCUT2D eigenvalue weighted by atomic mass is 10.1. The highest BCUT2D eigenvalue weighted by Crippen LogP contribution is 2.27. The fraction of sp³-hybridized carbons (Fsp3) is 0.130. The maximum Gasteiger partial charge on any atom is 0.166 e. The number of nitrogens with zero attached hydrogens (tertiary/aromatic N) is 3. The molecule has 0 saturated heterocycles. The molecule has 7 nitrogen and oxygen atoms in total. The third kappa shape index (κ3) is 4.32. The van der Waals surface area contributed by atoms with Gasteiger partial charge in [0.1, 0.15) is 12.4 Å². The Morgan fingerprint density at radius 1 is 1.00 bits per heavy atom. The molecule has 0 spiro atoms. The zero-order chi connectivity index (χ0) is 20.9. The van der Waals surface area contributed by atoms with Crippen LogP contribution in [0.5, 0.6) is 5.75 Å². The van der Waals surface area contributed by atoms with Gasteiger partial charge in [0.2, 0.25) is 0 Å². The second kappa shape index (κ2) is 8.77. The minimum absolute atomic E-state index is 0.0231. The molecular weight excluding hydrogens is 378 g/mol. The maximum atomic E-state index is 8.86. The molecule has 0 bridgehead atoms. The first-order valence-electron chi connectivity index (χ1n) is 9.60. The zero-order valence-corrected chi connectivity index (χ0v) is 16.4. The Kier molecular flexibility index (Phi) is 5.74. The van der Waals surface area contributed by atoms with Crippen LogP contribution >= 0.6 is 0 Å². The van der Waals surface area contributed by atoms with E-state index in [2.05, 4.69) is 16.0 Å². The number of ether oxygens (including phenoxy) is 1. The first kappa shape index (κ1) is 19.6. The van der Waals surface area contributed by atoms with Gasteiger partial charge >= 0.3 is 0 Å². The fourth-order valence-corrected chi connectivity index (χ4v) is 3.23. The lowest BCUT2D eigenvalue weighted by molar-refractivity contribution is 0.201. The quantitative estimate of drug-likeness (QED) is 0.322. The van der Waals surface area contributed by atoms with Gasteiger partial charge in [-0.3, -0.25) is 9.99 Å². The first-order chi connectivity index (χ1) is 14.6. The summed E-state index contributed by atoms with van der Waals surface area (Å²) in [4.78, 5) is 9.02. The number of rotatable bonds is 7. The Morgan fingerprint density at radius 3 is 2.63 bits per heavy atom. The number of pyridine rings is 2. The van der Waals surface area contributed by atoms with Crippen LogP contribution in [0.1, 0.15) is 5.56 Å². The molecule has 4 rings (SSSR count). The SMILES string of the molecule is Nc1ccc(-c2ccc(OCCO)cc2)nc1N(N)Cc1ccc2ncccc2c1. The smallest absolute Gasteiger partial charge is 0.166 e. The number of fused-ring (bicyclic) bond motifs is 1. The van der Waals surface area contributed by atoms with E-state index < -0.39 is 0 Å². The van der Waals surface area contributed by atoms with E-state index in [1.54, 1.807) is 17.3 Å². The second-order valence-electron chi connectivity index (χ2n) is 6.86. The Bertz CT molecular complexity index is 1150. The fourth-order valence-electron chi connectivity index (χ4n) is 3.23. The van der Waals surface area contributed by atoms with Gasteiger partial charge in [0, 0.05) is 17.1 Å². The summed E-state index contributed by atoms with van der Waals surface area (Å²) in [6.07, 6.45) is 1.78. The summed E-state index contributed by atoms with van der Waals surface area (Å²) in [5, 5.41) is 11.5. The Balaban J connectivity index is 1.55. The van der Waals surface area contributed by atoms with Crippen LogP contribution in [-0.4, -0.2) is 28.3 Å². The van der Waals surface area contributed by atoms with Crippen molar-refractivity contribution in [1.29, 1.82) is 0 Å². The summed E-state index contributed by atoms with van der Waals surface area (Å²) in [6, 6.07) is 21.1. The molecule has 4 aromatic rings. The minimum Gasteiger partial charge on any atom is -0.491 e. The van der Waals surface area contributed by atoms with Crippen molar-refractivity contribution in [3.8, 4) is 17.0 Å². The average molecular weight is 401 g/mol. The lowest BCUT2D eigenvalue weighted by Crippen LogP contribution is -2.31. The summed E-state index contributed by atoms with van der Waals surface area (Å²) in [5.41, 5.74) is 10.3. The van der Waals surface area contributed by atoms with Crippen molar-refractivity contribution in [1.82, 2.24) is 9.97 Å². The number of aliphatic hydroxyl groups excluding tert-OH is 1. The number of nitrogen functional groups attached to an aromatic ring is 1. The van der Waals surface area contributed by atoms with Gasteiger partial charge in [-0.1, -0.05) is 12.1 Å². The van der Waals surface area contributed by atoms with Gasteiger partial charge in [-0.2, -0.15) is 0 Å². The van der Waals surface area contributed by atoms with Crippen LogP contribution in [-0.2, 0) is 6.54 Å². The number of nitrogens with two attached hydrogens (primary N) is 2. The van der Waals surface area contributed by atoms with Gasteiger partial charge in [0.25, 0.3) is 0 Å². The van der Waals surface area contributed by atoms with Crippen LogP contribution in [0, 0.1) is 0 Å². The van der Waals surface area contributed by atoms with Crippen LogP contribution in [0.3, 0.4) is 0 Å². The molecule has 0 saturated carbocycles. The summed E-state index contributed by atoms with van der Waals surface area (Å²) in [5.74, 6) is 7.53. The number of hydrogen-bond donors (Lipinski definition) is 3. The number of anilines is 2. The molecule has 2 aromatic heterocycles. The van der Waals surface area contributed by atoms with Gasteiger partial charge in [-0.05, 0) is 60.2 Å². The minimum atomic E-state index is -0.0231. The topological polar surface area (TPSA) is 111 Å². The molecule has 7 heteroatoms. The Hall–Kier alpha value is -3.68. The lowest BCUT2D eigenvalue weighted by Gasteiger charge is -2.20. The molecule has 152 valence electrons. The van der Waals surface area contributed by atoms with Gasteiger partial charge in [0.05, 0.1) is 30.0 Å². The van der Waals surface area contributed by atoms with Crippen LogP contribution in [0.2, 0.25) is 0 Å². The number of aromatic nitrogens is 2. The monoisotopic (exact) mass is 401 g/mol. The summed E-state index contributed by atoms with van der Waals surface area (Å²) >= 11 is 0. The van der Waals surface area contributed by atoms with Crippen molar-refractivity contribution in [2.45, 2.75) is 6.54 Å². The van der Waals surface area contributed by atoms with Gasteiger partial charge in [0.15, 0.2) is 5.82 Å². The molecule has 2 heterocycles. The highest BCUT2D eigenvalue weighted by atomic mass is 16.5. The molecule has 0 aliphatic rings. The van der Waals surface area contributed by atoms with Crippen molar-refractivity contribution < 1.29 is 9.84 Å². The Morgan fingerprint density at radius 2 is 1.83 bits per heavy atom. The zero-order valence-electron chi connectivity index (χ0n) is 16.4. The van der Waals surface area contributed by atoms with E-state index >= 15 is 0 Å². The van der Waals surface area contributed by atoms with Crippen molar-refractivity contribution in [3.05, 3.63) is 78.5 Å². The van der Waals surface area contributed by atoms with Gasteiger partial charge < -0.3 is 15.6 Å². The molecule has 2 aromatic carbocycles. The average Bonchev–Trinajstić information content (AvgIpc) is 2.78. The number of hydrogen-bond acceptors (Lipinski definition) is 7. The molecule has 5 N–H and O–H groups in total. The molecule has 0 amide bonds. The number of aliphatic hydroxyl groups is 1. The van der Waals surface area contributed by atoms with Crippen LogP contribution in [0.25, 0.3) is 22.2 Å². The van der Waals surface area contributed by atoms with E-state index in [1.807, 2.05) is 54.6 Å². The first-order valence-corrected chi connectivity index (χ1v) is 9.60. The van der Waals surface area contributed by atoms with Crippen molar-refractivity contribution in [2.24, 2.45) is 5.84 Å². The molecule has 0 atom stereocenters. The third-order valence-corrected chi connectivity index (χ3v) is 4.71. The maximum absolute atomic E-state index is 8.86. The highest BCUT2D eigenvalue weighted by Gasteiger charge is 2.12. The molecule has 0 aliphatic heterocycles. The number of benzene rings is 2. The molecule has 0 aliphatic carbocycles. The molecule has 30 heavy (non-hydrogen) atoms. The molecule has 0 unspecified atom stereocenters. The van der Waals surface area contributed by atoms with Crippen LogP contribution in [0.4, 0.5) is 11.5 Å². The predicted octanol–water partition coefficient (Wildman–Crippen LogP) is 3.13. The van der Waals surface area contributed by atoms with E-state index in [4.69, 9.17) is 21.4 Å². The Labute approximate surface area is 174 Å². The molecule has 0 radical (unpaired) electrons. The summed E-state index contributed by atoms with van der Waals surface area (Å²) in [7, 11) is 0. The molecular formula is C23H23N5O2. The van der Waals surface area contributed by atoms with Crippen molar-refractivity contribution in [3.63, 3.8) is 0 Å². The number of hydrazine groups is 1. The molecule has 0 fully saturated rings. The van der Waals surface area contributed by atoms with Gasteiger partial charge in [-0.25, -0.2) is 10.8 Å². The normalized spacial score (nSPS) is 10.9. The highest BCUT2D eigenvalue weighted by molar-refractivity contribution is 5.79. The van der Waals surface area contributed by atoms with Crippen LogP contribution in [0.15, 0.2) is 72.9 Å². The second-order valence-corrected chi connectivity index (χ2v) is 6.86. The van der Waals surface area contributed by atoms with E-state index in [1.165, 1.54) is 0 Å². The third-order valence-electron chi connectivity index (χ3n) is 4.71. The van der Waals surface area contributed by atoms with E-state index in [0.29, 0.717) is 23.8 Å². The van der Waals surface area contributed by atoms with Gasteiger partial charge in [-0.15, -0.1) is 0 Å². The van der Waals surface area contributed by atoms with Crippen molar-refractivity contribution in [2.75, 3.05) is 24.0 Å². The van der Waals surface area contributed by atoms with E-state index in [0.717, 1.165) is 27.7 Å². The predicted molar refractivity (Wildman–Crippen MR) is 119 cm³/mol. The van der Waals surface area contributed by atoms with E-state index in [9.17, 15) is 0 Å². The standard InChI is InChI=1S/C23H23N5O2/c24-20-8-10-22(17-4-6-19(7-5-17)30-13-12-29)27-23(20)28(25)15-16-3-9-21-18(14-16)2-1-11-26-21/h1-11,14,29H,12-13,15,24-25H2.